The summed E-state index contributed by atoms with van der Waals surface area (Å²) in [5.41, 5.74) is 7.78. The summed E-state index contributed by atoms with van der Waals surface area (Å²) in [7, 11) is 0. The molecule has 2 saturated carbocycles. The van der Waals surface area contributed by atoms with Crippen LogP contribution in [0.4, 0.5) is 0 Å². The Kier molecular flexibility index (Phi) is 2.18. The zero-order chi connectivity index (χ0) is 10.5. The first-order valence-electron chi connectivity index (χ1n) is 5.75. The second-order valence-corrected chi connectivity index (χ2v) is 5.97. The quantitative estimate of drug-likeness (QED) is 0.872. The van der Waals surface area contributed by atoms with Crippen LogP contribution >= 0.6 is 15.9 Å². The molecule has 0 heterocycles. The summed E-state index contributed by atoms with van der Waals surface area (Å²) >= 11 is 3.51. The van der Waals surface area contributed by atoms with Gasteiger partial charge < -0.3 is 5.73 Å². The normalized spacial score (nSPS) is 34.9. The highest BCUT2D eigenvalue weighted by atomic mass is 79.9. The first kappa shape index (κ1) is 9.86. The van der Waals surface area contributed by atoms with Crippen LogP contribution in [0, 0.1) is 11.8 Å². The van der Waals surface area contributed by atoms with Crippen molar-refractivity contribution in [1.29, 1.82) is 0 Å². The first-order valence-corrected chi connectivity index (χ1v) is 6.54. The fourth-order valence-electron chi connectivity index (χ4n) is 2.84. The minimum Gasteiger partial charge on any atom is -0.321 e. The summed E-state index contributed by atoms with van der Waals surface area (Å²) in [6.07, 6.45) is 5.40. The van der Waals surface area contributed by atoms with E-state index in [1.165, 1.54) is 31.2 Å². The van der Waals surface area contributed by atoms with Crippen LogP contribution in [0.1, 0.15) is 31.2 Å². The molecule has 15 heavy (non-hydrogen) atoms. The van der Waals surface area contributed by atoms with Crippen molar-refractivity contribution < 1.29 is 0 Å². The summed E-state index contributed by atoms with van der Waals surface area (Å²) in [5, 5.41) is 0. The molecule has 1 aromatic carbocycles. The molecule has 0 aromatic heterocycles. The fraction of sp³-hybridized carbons (Fsp3) is 0.538. The molecule has 1 aromatic rings. The van der Waals surface area contributed by atoms with Gasteiger partial charge in [0.1, 0.15) is 0 Å². The van der Waals surface area contributed by atoms with Crippen LogP contribution in [0.2, 0.25) is 0 Å². The Morgan fingerprint density at radius 2 is 2.13 bits per heavy atom. The number of hydrogen-bond acceptors (Lipinski definition) is 1. The number of rotatable bonds is 2. The van der Waals surface area contributed by atoms with E-state index >= 15 is 0 Å². The molecule has 0 saturated heterocycles. The third-order valence-corrected chi connectivity index (χ3v) is 4.63. The number of benzene rings is 1. The third kappa shape index (κ3) is 1.55. The maximum atomic E-state index is 6.47. The average Bonchev–Trinajstić information content (AvgIpc) is 2.76. The minimum absolute atomic E-state index is 0.00509. The summed E-state index contributed by atoms with van der Waals surface area (Å²) in [4.78, 5) is 0. The lowest BCUT2D eigenvalue weighted by atomic mass is 9.79. The lowest BCUT2D eigenvalue weighted by Gasteiger charge is -2.27. The monoisotopic (exact) mass is 265 g/mol. The largest absolute Gasteiger partial charge is 0.321 e. The molecule has 2 atom stereocenters. The highest BCUT2D eigenvalue weighted by Gasteiger charge is 2.56. The predicted octanol–water partition coefficient (Wildman–Crippen LogP) is 3.42. The van der Waals surface area contributed by atoms with Crippen LogP contribution in [0.25, 0.3) is 0 Å². The second-order valence-electron chi connectivity index (χ2n) is 5.05. The molecule has 0 spiro atoms. The van der Waals surface area contributed by atoms with Gasteiger partial charge in [-0.3, -0.25) is 0 Å². The lowest BCUT2D eigenvalue weighted by molar-refractivity contribution is 0.258. The molecular formula is C13H16BrN. The van der Waals surface area contributed by atoms with Gasteiger partial charge in [-0.2, -0.15) is 0 Å². The molecule has 2 N–H and O–H groups in total. The smallest absolute Gasteiger partial charge is 0.0445 e. The lowest BCUT2D eigenvalue weighted by Crippen LogP contribution is -2.27. The van der Waals surface area contributed by atoms with Crippen LogP contribution in [-0.4, -0.2) is 0 Å². The van der Waals surface area contributed by atoms with Crippen molar-refractivity contribution in [1.82, 2.24) is 0 Å². The van der Waals surface area contributed by atoms with E-state index in [0.717, 1.165) is 16.3 Å². The van der Waals surface area contributed by atoms with Crippen molar-refractivity contribution >= 4 is 15.9 Å². The van der Waals surface area contributed by atoms with E-state index in [1.807, 2.05) is 0 Å². The molecule has 3 rings (SSSR count). The molecule has 0 aliphatic heterocycles. The summed E-state index contributed by atoms with van der Waals surface area (Å²) in [5.74, 6) is 1.66. The van der Waals surface area contributed by atoms with Crippen LogP contribution in [0.3, 0.4) is 0 Å². The maximum Gasteiger partial charge on any atom is 0.0445 e. The van der Waals surface area contributed by atoms with Gasteiger partial charge in [-0.1, -0.05) is 47.3 Å². The second kappa shape index (κ2) is 3.33. The first-order chi connectivity index (χ1) is 7.20. The van der Waals surface area contributed by atoms with Crippen LogP contribution in [0.5, 0.6) is 0 Å². The number of hydrogen-bond donors (Lipinski definition) is 1. The molecule has 2 fully saturated rings. The summed E-state index contributed by atoms with van der Waals surface area (Å²) < 4.78 is 1.14. The molecule has 80 valence electrons. The SMILES string of the molecule is NC1(c2cccc(Br)c2)CC1C1CCC1. The standard InChI is InChI=1S/C13H16BrN/c14-11-6-2-5-10(7-11)13(15)8-12(13)9-3-1-4-9/h2,5-7,9,12H,1,3-4,8,15H2. The van der Waals surface area contributed by atoms with Crippen molar-refractivity contribution in [3.63, 3.8) is 0 Å². The Hall–Kier alpha value is -0.340. The van der Waals surface area contributed by atoms with Gasteiger partial charge in [0.2, 0.25) is 0 Å². The Labute approximate surface area is 99.2 Å². The van der Waals surface area contributed by atoms with Gasteiger partial charge in [0.25, 0.3) is 0 Å². The Morgan fingerprint density at radius 1 is 1.33 bits per heavy atom. The molecule has 2 aliphatic carbocycles. The van der Waals surface area contributed by atoms with E-state index in [1.54, 1.807) is 0 Å². The van der Waals surface area contributed by atoms with Gasteiger partial charge in [-0.25, -0.2) is 0 Å². The zero-order valence-electron chi connectivity index (χ0n) is 8.75. The molecular weight excluding hydrogens is 250 g/mol. The number of nitrogens with two attached hydrogens (primary N) is 1. The van der Waals surface area contributed by atoms with E-state index in [9.17, 15) is 0 Å². The molecule has 0 bridgehead atoms. The van der Waals surface area contributed by atoms with Gasteiger partial charge in [0.15, 0.2) is 0 Å². The van der Waals surface area contributed by atoms with Crippen LogP contribution in [0.15, 0.2) is 28.7 Å². The van der Waals surface area contributed by atoms with Crippen molar-refractivity contribution in [2.75, 3.05) is 0 Å². The van der Waals surface area contributed by atoms with Gasteiger partial charge in [0.05, 0.1) is 0 Å². The average molecular weight is 266 g/mol. The molecule has 2 heteroatoms. The van der Waals surface area contributed by atoms with Crippen molar-refractivity contribution in [3.8, 4) is 0 Å². The Morgan fingerprint density at radius 3 is 2.73 bits per heavy atom. The highest BCUT2D eigenvalue weighted by molar-refractivity contribution is 9.10. The van der Waals surface area contributed by atoms with E-state index in [2.05, 4.69) is 40.2 Å². The Bertz CT molecular complexity index is 386. The fourth-order valence-corrected chi connectivity index (χ4v) is 3.24. The predicted molar refractivity (Wildman–Crippen MR) is 65.5 cm³/mol. The van der Waals surface area contributed by atoms with Gasteiger partial charge in [-0.15, -0.1) is 0 Å². The molecule has 2 unspecified atom stereocenters. The van der Waals surface area contributed by atoms with Gasteiger partial charge >= 0.3 is 0 Å². The van der Waals surface area contributed by atoms with E-state index < -0.39 is 0 Å². The van der Waals surface area contributed by atoms with Crippen LogP contribution < -0.4 is 5.73 Å². The summed E-state index contributed by atoms with van der Waals surface area (Å²) in [6.45, 7) is 0. The van der Waals surface area contributed by atoms with Crippen LogP contribution in [-0.2, 0) is 5.54 Å². The molecule has 2 aliphatic rings. The van der Waals surface area contributed by atoms with Gasteiger partial charge in [-0.05, 0) is 36.0 Å². The molecule has 0 amide bonds. The summed E-state index contributed by atoms with van der Waals surface area (Å²) in [6, 6.07) is 8.50. The molecule has 1 nitrogen and oxygen atoms in total. The minimum atomic E-state index is -0.00509. The Balaban J connectivity index is 1.83. The maximum absolute atomic E-state index is 6.47. The highest BCUT2D eigenvalue weighted by Crippen LogP contribution is 2.58. The number of halogens is 1. The molecule has 0 radical (unpaired) electrons. The van der Waals surface area contributed by atoms with E-state index in [4.69, 9.17) is 5.73 Å². The third-order valence-electron chi connectivity index (χ3n) is 4.14. The van der Waals surface area contributed by atoms with Crippen molar-refractivity contribution in [3.05, 3.63) is 34.3 Å². The van der Waals surface area contributed by atoms with Crippen molar-refractivity contribution in [2.24, 2.45) is 17.6 Å². The van der Waals surface area contributed by atoms with E-state index in [0.29, 0.717) is 0 Å². The van der Waals surface area contributed by atoms with Gasteiger partial charge in [0, 0.05) is 10.0 Å². The van der Waals surface area contributed by atoms with Crippen molar-refractivity contribution in [2.45, 2.75) is 31.2 Å². The van der Waals surface area contributed by atoms with E-state index in [-0.39, 0.29) is 5.54 Å². The topological polar surface area (TPSA) is 26.0 Å². The zero-order valence-corrected chi connectivity index (χ0v) is 10.3.